The Balaban J connectivity index is 1.90. The Kier molecular flexibility index (Phi) is 6.36. The van der Waals surface area contributed by atoms with Gasteiger partial charge in [-0.1, -0.05) is 18.2 Å². The molecule has 4 rings (SSSR count). The average molecular weight is 499 g/mol. The molecule has 1 amide bonds. The van der Waals surface area contributed by atoms with Crippen molar-refractivity contribution >= 4 is 23.1 Å². The number of benzene rings is 3. The highest BCUT2D eigenvalue weighted by molar-refractivity contribution is 6.51. The molecule has 1 unspecified atom stereocenters. The number of phenols is 1. The third kappa shape index (κ3) is 4.70. The molecule has 3 aromatic rings. The average Bonchev–Trinajstić information content (AvgIpc) is 3.08. The third-order valence-electron chi connectivity index (χ3n) is 5.65. The summed E-state index contributed by atoms with van der Waals surface area (Å²) in [5.74, 6) is -2.67. The zero-order valence-corrected chi connectivity index (χ0v) is 19.0. The highest BCUT2D eigenvalue weighted by atomic mass is 19.4. The van der Waals surface area contributed by atoms with Crippen LogP contribution in [0.1, 0.15) is 22.7 Å². The summed E-state index contributed by atoms with van der Waals surface area (Å²) in [5, 5.41) is 20.9. The Morgan fingerprint density at radius 1 is 1.00 bits per heavy atom. The minimum Gasteiger partial charge on any atom is -0.508 e. The summed E-state index contributed by atoms with van der Waals surface area (Å²) in [7, 11) is 1.48. The second-order valence-electron chi connectivity index (χ2n) is 7.99. The summed E-state index contributed by atoms with van der Waals surface area (Å²) < 4.78 is 47.5. The summed E-state index contributed by atoms with van der Waals surface area (Å²) in [6, 6.07) is 13.7. The van der Waals surface area contributed by atoms with Crippen molar-refractivity contribution in [2.24, 2.45) is 0 Å². The van der Waals surface area contributed by atoms with Gasteiger partial charge in [-0.25, -0.2) is 0 Å². The largest absolute Gasteiger partial charge is 0.573 e. The number of alkyl halides is 3. The lowest BCUT2D eigenvalue weighted by Gasteiger charge is -2.26. The molecule has 0 aromatic heterocycles. The lowest BCUT2D eigenvalue weighted by molar-refractivity contribution is -0.274. The van der Waals surface area contributed by atoms with Crippen molar-refractivity contribution in [3.8, 4) is 17.2 Å². The van der Waals surface area contributed by atoms with Crippen molar-refractivity contribution in [2.75, 3.05) is 12.0 Å². The number of hydrogen-bond donors (Lipinski definition) is 2. The van der Waals surface area contributed by atoms with Crippen molar-refractivity contribution in [3.63, 3.8) is 0 Å². The SMILES string of the molecule is COc1ccc(/C(O)=C2\C(=O)C(=O)N(c3cccc(OC(F)(F)F)c3)C2c2ccc(O)cc2)cc1C. The normalized spacial score (nSPS) is 17.4. The fraction of sp³-hybridized carbons (Fsp3) is 0.154. The molecule has 0 aliphatic carbocycles. The Labute approximate surface area is 203 Å². The molecule has 0 radical (unpaired) electrons. The van der Waals surface area contributed by atoms with Gasteiger partial charge in [0.25, 0.3) is 11.7 Å². The highest BCUT2D eigenvalue weighted by Crippen LogP contribution is 2.43. The van der Waals surface area contributed by atoms with Crippen LogP contribution in [0.4, 0.5) is 18.9 Å². The van der Waals surface area contributed by atoms with Gasteiger partial charge < -0.3 is 19.7 Å². The lowest BCUT2D eigenvalue weighted by atomic mass is 9.94. The van der Waals surface area contributed by atoms with E-state index in [2.05, 4.69) is 4.74 Å². The van der Waals surface area contributed by atoms with E-state index in [9.17, 15) is 33.0 Å². The maximum absolute atomic E-state index is 13.2. The van der Waals surface area contributed by atoms with Crippen molar-refractivity contribution in [3.05, 3.63) is 89.0 Å². The van der Waals surface area contributed by atoms with E-state index in [4.69, 9.17) is 4.74 Å². The number of Topliss-reactive ketones (excluding diaryl/α,β-unsaturated/α-hetero) is 1. The number of rotatable bonds is 5. The monoisotopic (exact) mass is 499 g/mol. The maximum Gasteiger partial charge on any atom is 0.573 e. The predicted octanol–water partition coefficient (Wildman–Crippen LogP) is 5.23. The number of anilines is 1. The van der Waals surface area contributed by atoms with E-state index in [1.165, 1.54) is 49.6 Å². The molecular weight excluding hydrogens is 479 g/mol. The molecule has 3 aromatic carbocycles. The van der Waals surface area contributed by atoms with Crippen LogP contribution in [0.3, 0.4) is 0 Å². The van der Waals surface area contributed by atoms with Crippen molar-refractivity contribution < 1.29 is 42.4 Å². The van der Waals surface area contributed by atoms with Gasteiger partial charge in [-0.2, -0.15) is 0 Å². The highest BCUT2D eigenvalue weighted by Gasteiger charge is 2.47. The number of nitrogens with zero attached hydrogens (tertiary/aromatic N) is 1. The number of phenolic OH excluding ortho intramolecular Hbond substituents is 1. The minimum absolute atomic E-state index is 0.0538. The van der Waals surface area contributed by atoms with Crippen LogP contribution < -0.4 is 14.4 Å². The van der Waals surface area contributed by atoms with E-state index >= 15 is 0 Å². The standard InChI is InChI=1S/C26H20F3NO6/c1-14-12-16(8-11-20(14)35-2)23(32)21-22(15-6-9-18(31)10-7-15)30(25(34)24(21)33)17-4-3-5-19(13-17)36-26(27,28)29/h3-13,22,31-32H,1-2H3/b23-21+. The Morgan fingerprint density at radius 2 is 1.69 bits per heavy atom. The molecule has 36 heavy (non-hydrogen) atoms. The van der Waals surface area contributed by atoms with Crippen LogP contribution in [-0.4, -0.2) is 35.4 Å². The molecule has 1 fully saturated rings. The molecule has 1 heterocycles. The topological polar surface area (TPSA) is 96.3 Å². The van der Waals surface area contributed by atoms with Gasteiger partial charge in [0.2, 0.25) is 0 Å². The van der Waals surface area contributed by atoms with Crippen molar-refractivity contribution in [1.29, 1.82) is 0 Å². The van der Waals surface area contributed by atoms with E-state index in [0.29, 0.717) is 16.9 Å². The van der Waals surface area contributed by atoms with E-state index in [1.807, 2.05) is 0 Å². The number of aryl methyl sites for hydroxylation is 1. The van der Waals surface area contributed by atoms with Gasteiger partial charge in [-0.15, -0.1) is 13.2 Å². The molecule has 1 aliphatic heterocycles. The van der Waals surface area contributed by atoms with Gasteiger partial charge in [-0.05, 0) is 60.5 Å². The van der Waals surface area contributed by atoms with Gasteiger partial charge in [0.15, 0.2) is 0 Å². The second kappa shape index (κ2) is 9.29. The summed E-state index contributed by atoms with van der Waals surface area (Å²) in [6.07, 6.45) is -4.96. The summed E-state index contributed by atoms with van der Waals surface area (Å²) in [6.45, 7) is 1.73. The zero-order chi connectivity index (χ0) is 26.2. The van der Waals surface area contributed by atoms with Crippen LogP contribution in [0.5, 0.6) is 17.2 Å². The number of halogens is 3. The van der Waals surface area contributed by atoms with Gasteiger partial charge >= 0.3 is 6.36 Å². The van der Waals surface area contributed by atoms with E-state index in [1.54, 1.807) is 19.1 Å². The molecule has 1 aliphatic rings. The van der Waals surface area contributed by atoms with E-state index in [0.717, 1.165) is 17.0 Å². The first-order valence-electron chi connectivity index (χ1n) is 10.6. The molecular formula is C26H20F3NO6. The number of amides is 1. The first kappa shape index (κ1) is 24.6. The first-order chi connectivity index (χ1) is 17.0. The number of aliphatic hydroxyl groups excluding tert-OH is 1. The number of carbonyl (C=O) groups excluding carboxylic acids is 2. The summed E-state index contributed by atoms with van der Waals surface area (Å²) in [5.41, 5.74) is 0.915. The first-order valence-corrected chi connectivity index (χ1v) is 10.6. The van der Waals surface area contributed by atoms with E-state index < -0.39 is 35.6 Å². The number of aliphatic hydroxyl groups is 1. The Morgan fingerprint density at radius 3 is 2.31 bits per heavy atom. The quantitative estimate of drug-likeness (QED) is 0.283. The van der Waals surface area contributed by atoms with Crippen LogP contribution in [0.2, 0.25) is 0 Å². The molecule has 1 saturated heterocycles. The molecule has 10 heteroatoms. The predicted molar refractivity (Wildman–Crippen MR) is 124 cm³/mol. The molecule has 0 spiro atoms. The number of hydrogen-bond acceptors (Lipinski definition) is 6. The van der Waals surface area contributed by atoms with Gasteiger partial charge in [0, 0.05) is 17.3 Å². The number of methoxy groups -OCH3 is 1. The maximum atomic E-state index is 13.2. The van der Waals surface area contributed by atoms with Crippen molar-refractivity contribution in [2.45, 2.75) is 19.3 Å². The molecule has 7 nitrogen and oxygen atoms in total. The Bertz CT molecular complexity index is 1360. The Hall–Kier alpha value is -4.47. The number of ketones is 1. The van der Waals surface area contributed by atoms with Gasteiger partial charge in [0.05, 0.1) is 18.7 Å². The van der Waals surface area contributed by atoms with E-state index in [-0.39, 0.29) is 22.6 Å². The van der Waals surface area contributed by atoms with Crippen LogP contribution in [-0.2, 0) is 9.59 Å². The van der Waals surface area contributed by atoms with Crippen LogP contribution in [0.25, 0.3) is 5.76 Å². The van der Waals surface area contributed by atoms with Crippen LogP contribution >= 0.6 is 0 Å². The third-order valence-corrected chi connectivity index (χ3v) is 5.65. The lowest BCUT2D eigenvalue weighted by Crippen LogP contribution is -2.29. The number of ether oxygens (including phenoxy) is 2. The molecule has 2 N–H and O–H groups in total. The van der Waals surface area contributed by atoms with Gasteiger partial charge in [-0.3, -0.25) is 14.5 Å². The summed E-state index contributed by atoms with van der Waals surface area (Å²) >= 11 is 0. The minimum atomic E-state index is -4.96. The molecule has 1 atom stereocenters. The molecule has 0 bridgehead atoms. The van der Waals surface area contributed by atoms with Gasteiger partial charge in [0.1, 0.15) is 23.0 Å². The second-order valence-corrected chi connectivity index (χ2v) is 7.99. The number of carbonyl (C=O) groups is 2. The smallest absolute Gasteiger partial charge is 0.508 e. The molecule has 186 valence electrons. The summed E-state index contributed by atoms with van der Waals surface area (Å²) in [4.78, 5) is 27.3. The van der Waals surface area contributed by atoms with Crippen LogP contribution in [0, 0.1) is 6.92 Å². The fourth-order valence-electron chi connectivity index (χ4n) is 4.08. The number of aromatic hydroxyl groups is 1. The fourth-order valence-corrected chi connectivity index (χ4v) is 4.08. The van der Waals surface area contributed by atoms with Crippen molar-refractivity contribution in [1.82, 2.24) is 0 Å². The molecule has 0 saturated carbocycles. The zero-order valence-electron chi connectivity index (χ0n) is 19.0. The van der Waals surface area contributed by atoms with Crippen LogP contribution in [0.15, 0.2) is 72.3 Å².